The van der Waals surface area contributed by atoms with Crippen LogP contribution in [0.2, 0.25) is 0 Å². The second-order valence-corrected chi connectivity index (χ2v) is 5.94. The van der Waals surface area contributed by atoms with Gasteiger partial charge in [-0.15, -0.1) is 0 Å². The van der Waals surface area contributed by atoms with Crippen molar-refractivity contribution in [3.8, 4) is 0 Å². The number of hydrazone groups is 1. The highest BCUT2D eigenvalue weighted by Crippen LogP contribution is 2.14. The molecule has 0 spiro atoms. The first-order valence-electron chi connectivity index (χ1n) is 6.64. The van der Waals surface area contributed by atoms with E-state index in [4.69, 9.17) is 0 Å². The van der Waals surface area contributed by atoms with Gasteiger partial charge >= 0.3 is 0 Å². The van der Waals surface area contributed by atoms with Gasteiger partial charge in [-0.05, 0) is 50.1 Å². The van der Waals surface area contributed by atoms with Crippen molar-refractivity contribution in [2.75, 3.05) is 0 Å². The maximum absolute atomic E-state index is 12.0. The Morgan fingerprint density at radius 3 is 2.43 bits per heavy atom. The molecule has 2 aromatic carbocycles. The van der Waals surface area contributed by atoms with Crippen molar-refractivity contribution in [3.63, 3.8) is 0 Å². The molecule has 0 heterocycles. The van der Waals surface area contributed by atoms with Gasteiger partial charge in [-0.3, -0.25) is 4.79 Å². The van der Waals surface area contributed by atoms with E-state index < -0.39 is 0 Å². The third-order valence-corrected chi connectivity index (χ3v) is 3.68. The number of hydrogen-bond acceptors (Lipinski definition) is 2. The van der Waals surface area contributed by atoms with Crippen LogP contribution in [0, 0.1) is 20.8 Å². The monoisotopic (exact) mass is 344 g/mol. The number of carbonyl (C=O) groups is 1. The Labute approximate surface area is 133 Å². The molecule has 0 unspecified atom stereocenters. The predicted molar refractivity (Wildman–Crippen MR) is 89.9 cm³/mol. The van der Waals surface area contributed by atoms with E-state index in [9.17, 15) is 4.79 Å². The summed E-state index contributed by atoms with van der Waals surface area (Å²) in [6.07, 6.45) is 1.69. The van der Waals surface area contributed by atoms with Gasteiger partial charge in [0.15, 0.2) is 0 Å². The van der Waals surface area contributed by atoms with Gasteiger partial charge < -0.3 is 0 Å². The average Bonchev–Trinajstić information content (AvgIpc) is 2.41. The fourth-order valence-corrected chi connectivity index (χ4v) is 2.64. The highest BCUT2D eigenvalue weighted by atomic mass is 79.9. The largest absolute Gasteiger partial charge is 0.271 e. The lowest BCUT2D eigenvalue weighted by Crippen LogP contribution is -2.17. The maximum Gasteiger partial charge on any atom is 0.271 e. The van der Waals surface area contributed by atoms with Crippen LogP contribution in [0.1, 0.15) is 32.6 Å². The predicted octanol–water partition coefficient (Wildman–Crippen LogP) is 4.14. The second kappa shape index (κ2) is 6.68. The molecule has 0 aliphatic heterocycles. The number of halogens is 1. The summed E-state index contributed by atoms with van der Waals surface area (Å²) >= 11 is 3.34. The van der Waals surface area contributed by atoms with Gasteiger partial charge in [0.25, 0.3) is 5.91 Å². The molecule has 1 amide bonds. The Morgan fingerprint density at radius 2 is 1.81 bits per heavy atom. The van der Waals surface area contributed by atoms with Crippen LogP contribution < -0.4 is 5.43 Å². The zero-order valence-corrected chi connectivity index (χ0v) is 13.9. The summed E-state index contributed by atoms with van der Waals surface area (Å²) in [6, 6.07) is 11.4. The van der Waals surface area contributed by atoms with Gasteiger partial charge in [0.05, 0.1) is 6.21 Å². The Hall–Kier alpha value is -1.94. The molecule has 0 radical (unpaired) electrons. The van der Waals surface area contributed by atoms with E-state index in [1.165, 1.54) is 5.56 Å². The molecular formula is C17H17BrN2O. The number of rotatable bonds is 3. The quantitative estimate of drug-likeness (QED) is 0.659. The summed E-state index contributed by atoms with van der Waals surface area (Å²) in [7, 11) is 0. The van der Waals surface area contributed by atoms with Gasteiger partial charge in [0.2, 0.25) is 0 Å². The lowest BCUT2D eigenvalue weighted by molar-refractivity contribution is 0.0955. The summed E-state index contributed by atoms with van der Waals surface area (Å²) < 4.78 is 0.865. The van der Waals surface area contributed by atoms with Crippen LogP contribution in [0.15, 0.2) is 46.0 Å². The zero-order valence-electron chi connectivity index (χ0n) is 12.3. The van der Waals surface area contributed by atoms with E-state index in [1.807, 2.05) is 26.0 Å². The lowest BCUT2D eigenvalue weighted by atomic mass is 10.0. The summed E-state index contributed by atoms with van der Waals surface area (Å²) in [6.45, 7) is 6.14. The van der Waals surface area contributed by atoms with Gasteiger partial charge in [0.1, 0.15) is 0 Å². The molecule has 0 aliphatic rings. The Bertz CT molecular complexity index is 685. The molecule has 21 heavy (non-hydrogen) atoms. The summed E-state index contributed by atoms with van der Waals surface area (Å²) in [5.41, 5.74) is 7.67. The third kappa shape index (κ3) is 4.02. The van der Waals surface area contributed by atoms with E-state index in [-0.39, 0.29) is 5.91 Å². The van der Waals surface area contributed by atoms with Crippen LogP contribution in [0.25, 0.3) is 0 Å². The fraction of sp³-hybridized carbons (Fsp3) is 0.176. The molecule has 0 aromatic heterocycles. The normalized spacial score (nSPS) is 10.9. The highest BCUT2D eigenvalue weighted by Gasteiger charge is 2.05. The summed E-state index contributed by atoms with van der Waals surface area (Å²) in [5.74, 6) is -0.227. The summed E-state index contributed by atoms with van der Waals surface area (Å²) in [5, 5.41) is 4.06. The Kier molecular flexibility index (Phi) is 4.91. The van der Waals surface area contributed by atoms with Gasteiger partial charge in [-0.1, -0.05) is 39.7 Å². The van der Waals surface area contributed by atoms with Crippen molar-refractivity contribution in [2.45, 2.75) is 20.8 Å². The van der Waals surface area contributed by atoms with E-state index in [0.29, 0.717) is 5.56 Å². The molecule has 0 atom stereocenters. The van der Waals surface area contributed by atoms with E-state index in [1.54, 1.807) is 18.3 Å². The van der Waals surface area contributed by atoms with Crippen LogP contribution in [-0.4, -0.2) is 12.1 Å². The first-order chi connectivity index (χ1) is 9.97. The highest BCUT2D eigenvalue weighted by molar-refractivity contribution is 9.10. The minimum atomic E-state index is -0.227. The van der Waals surface area contributed by atoms with E-state index >= 15 is 0 Å². The van der Waals surface area contributed by atoms with Crippen LogP contribution >= 0.6 is 15.9 Å². The van der Waals surface area contributed by atoms with Crippen LogP contribution in [0.5, 0.6) is 0 Å². The molecule has 1 N–H and O–H groups in total. The molecule has 2 rings (SSSR count). The molecule has 0 saturated carbocycles. The fourth-order valence-electron chi connectivity index (χ4n) is 2.24. The maximum atomic E-state index is 12.0. The van der Waals surface area contributed by atoms with E-state index in [0.717, 1.165) is 21.2 Å². The van der Waals surface area contributed by atoms with E-state index in [2.05, 4.69) is 45.5 Å². The first kappa shape index (κ1) is 15.4. The van der Waals surface area contributed by atoms with Gasteiger partial charge in [-0.2, -0.15) is 5.10 Å². The molecule has 0 aliphatic carbocycles. The van der Waals surface area contributed by atoms with Gasteiger partial charge in [0, 0.05) is 15.6 Å². The molecule has 0 bridgehead atoms. The molecule has 2 aromatic rings. The van der Waals surface area contributed by atoms with Crippen LogP contribution in [0.4, 0.5) is 0 Å². The number of benzene rings is 2. The van der Waals surface area contributed by atoms with Crippen molar-refractivity contribution in [1.82, 2.24) is 5.43 Å². The van der Waals surface area contributed by atoms with Crippen molar-refractivity contribution in [3.05, 3.63) is 68.7 Å². The lowest BCUT2D eigenvalue weighted by Gasteiger charge is -2.06. The van der Waals surface area contributed by atoms with Gasteiger partial charge in [-0.25, -0.2) is 5.43 Å². The first-order valence-corrected chi connectivity index (χ1v) is 7.43. The topological polar surface area (TPSA) is 41.5 Å². The molecular weight excluding hydrogens is 328 g/mol. The molecule has 0 fully saturated rings. The van der Waals surface area contributed by atoms with Crippen LogP contribution in [0.3, 0.4) is 0 Å². The number of carbonyl (C=O) groups excluding carboxylic acids is 1. The number of aryl methyl sites for hydroxylation is 3. The van der Waals surface area contributed by atoms with Crippen molar-refractivity contribution in [2.24, 2.45) is 5.10 Å². The number of hydrogen-bond donors (Lipinski definition) is 1. The second-order valence-electron chi connectivity index (χ2n) is 5.02. The standard InChI is InChI=1S/C17H17BrN2O/c1-11-7-12(2)16(13(3)8-11)10-19-20-17(21)14-5-4-6-15(18)9-14/h4-10H,1-3H3,(H,20,21)/b19-10+. The molecule has 108 valence electrons. The Morgan fingerprint density at radius 1 is 1.14 bits per heavy atom. The Balaban J connectivity index is 2.11. The van der Waals surface area contributed by atoms with Crippen molar-refractivity contribution >= 4 is 28.1 Å². The number of nitrogens with zero attached hydrogens (tertiary/aromatic N) is 1. The minimum absolute atomic E-state index is 0.227. The van der Waals surface area contributed by atoms with Crippen molar-refractivity contribution < 1.29 is 4.79 Å². The SMILES string of the molecule is Cc1cc(C)c(/C=N/NC(=O)c2cccc(Br)c2)c(C)c1. The number of amides is 1. The third-order valence-electron chi connectivity index (χ3n) is 3.18. The number of nitrogens with one attached hydrogen (secondary N) is 1. The molecule has 3 nitrogen and oxygen atoms in total. The summed E-state index contributed by atoms with van der Waals surface area (Å²) in [4.78, 5) is 12.0. The molecule has 4 heteroatoms. The zero-order chi connectivity index (χ0) is 15.4. The molecule has 0 saturated heterocycles. The minimum Gasteiger partial charge on any atom is -0.267 e. The smallest absolute Gasteiger partial charge is 0.267 e. The van der Waals surface area contributed by atoms with Crippen molar-refractivity contribution in [1.29, 1.82) is 0 Å². The van der Waals surface area contributed by atoms with Crippen LogP contribution in [-0.2, 0) is 0 Å². The average molecular weight is 345 g/mol.